The van der Waals surface area contributed by atoms with Crippen LogP contribution in [0.1, 0.15) is 41.3 Å². The van der Waals surface area contributed by atoms with Gasteiger partial charge in [0.15, 0.2) is 0 Å². The van der Waals surface area contributed by atoms with Gasteiger partial charge in [0, 0.05) is 37.1 Å². The molecular formula is C24H27NO2. The summed E-state index contributed by atoms with van der Waals surface area (Å²) in [7, 11) is 0. The SMILES string of the molecule is C=C(C)/C=C(/OC1CCN(C(=O)c2ccccc2)CC1)c1ccccc1C. The van der Waals surface area contributed by atoms with E-state index in [1.165, 1.54) is 5.56 Å². The summed E-state index contributed by atoms with van der Waals surface area (Å²) < 4.78 is 6.37. The van der Waals surface area contributed by atoms with Crippen molar-refractivity contribution in [1.29, 1.82) is 0 Å². The van der Waals surface area contributed by atoms with Crippen LogP contribution in [0.25, 0.3) is 5.76 Å². The molecule has 0 N–H and O–H groups in total. The van der Waals surface area contributed by atoms with Crippen LogP contribution in [-0.4, -0.2) is 30.0 Å². The number of allylic oxidation sites excluding steroid dienone is 2. The third kappa shape index (κ3) is 4.88. The number of rotatable bonds is 5. The van der Waals surface area contributed by atoms with E-state index in [9.17, 15) is 4.79 Å². The highest BCUT2D eigenvalue weighted by Crippen LogP contribution is 2.26. The summed E-state index contributed by atoms with van der Waals surface area (Å²) in [4.78, 5) is 14.5. The molecule has 1 fully saturated rings. The molecule has 27 heavy (non-hydrogen) atoms. The number of hydrogen-bond acceptors (Lipinski definition) is 2. The molecule has 0 radical (unpaired) electrons. The first-order valence-corrected chi connectivity index (χ1v) is 9.49. The maximum Gasteiger partial charge on any atom is 0.253 e. The second-order valence-electron chi connectivity index (χ2n) is 7.15. The van der Waals surface area contributed by atoms with Gasteiger partial charge in [-0.25, -0.2) is 0 Å². The largest absolute Gasteiger partial charge is 0.490 e. The fourth-order valence-corrected chi connectivity index (χ4v) is 3.37. The number of carbonyl (C=O) groups excluding carboxylic acids is 1. The molecule has 140 valence electrons. The van der Waals surface area contributed by atoms with Gasteiger partial charge in [0.1, 0.15) is 11.9 Å². The van der Waals surface area contributed by atoms with E-state index in [1.54, 1.807) is 0 Å². The molecule has 3 nitrogen and oxygen atoms in total. The number of ether oxygens (including phenoxy) is 1. The Bertz CT molecular complexity index is 830. The van der Waals surface area contributed by atoms with E-state index in [0.717, 1.165) is 35.3 Å². The molecule has 2 aromatic rings. The summed E-state index contributed by atoms with van der Waals surface area (Å²) in [6.07, 6.45) is 3.77. The minimum Gasteiger partial charge on any atom is -0.490 e. The zero-order chi connectivity index (χ0) is 19.2. The van der Waals surface area contributed by atoms with Crippen molar-refractivity contribution in [3.8, 4) is 0 Å². The van der Waals surface area contributed by atoms with E-state index >= 15 is 0 Å². The number of aryl methyl sites for hydroxylation is 1. The molecule has 1 aliphatic rings. The normalized spacial score (nSPS) is 15.5. The van der Waals surface area contributed by atoms with Crippen molar-refractivity contribution in [1.82, 2.24) is 4.90 Å². The molecular weight excluding hydrogens is 334 g/mol. The van der Waals surface area contributed by atoms with Crippen LogP contribution in [0.3, 0.4) is 0 Å². The number of hydrogen-bond donors (Lipinski definition) is 0. The zero-order valence-corrected chi connectivity index (χ0v) is 16.2. The quantitative estimate of drug-likeness (QED) is 0.539. The van der Waals surface area contributed by atoms with Crippen LogP contribution in [0.2, 0.25) is 0 Å². The molecule has 0 aromatic heterocycles. The van der Waals surface area contributed by atoms with Crippen molar-refractivity contribution in [3.05, 3.63) is 89.5 Å². The molecule has 1 saturated heterocycles. The Morgan fingerprint density at radius 2 is 1.70 bits per heavy atom. The van der Waals surface area contributed by atoms with Crippen molar-refractivity contribution in [2.75, 3.05) is 13.1 Å². The van der Waals surface area contributed by atoms with E-state index in [4.69, 9.17) is 4.74 Å². The first kappa shape index (κ1) is 19.0. The van der Waals surface area contributed by atoms with Crippen LogP contribution in [-0.2, 0) is 4.74 Å². The van der Waals surface area contributed by atoms with Gasteiger partial charge >= 0.3 is 0 Å². The Labute approximate surface area is 162 Å². The molecule has 0 aliphatic carbocycles. The average Bonchev–Trinajstić information content (AvgIpc) is 2.68. The van der Waals surface area contributed by atoms with Crippen LogP contribution in [0.4, 0.5) is 0 Å². The van der Waals surface area contributed by atoms with Crippen molar-refractivity contribution in [2.24, 2.45) is 0 Å². The molecule has 3 rings (SSSR count). The lowest BCUT2D eigenvalue weighted by molar-refractivity contribution is 0.0541. The maximum atomic E-state index is 12.6. The molecule has 0 unspecified atom stereocenters. The number of nitrogens with zero attached hydrogens (tertiary/aromatic N) is 1. The van der Waals surface area contributed by atoms with Gasteiger partial charge in [-0.2, -0.15) is 0 Å². The van der Waals surface area contributed by atoms with Crippen LogP contribution in [0.15, 0.2) is 72.8 Å². The Kier molecular flexibility index (Phi) is 6.12. The molecule has 3 heteroatoms. The Morgan fingerprint density at radius 3 is 2.33 bits per heavy atom. The van der Waals surface area contributed by atoms with E-state index in [1.807, 2.05) is 60.4 Å². The first-order chi connectivity index (χ1) is 13.0. The van der Waals surface area contributed by atoms with E-state index in [2.05, 4.69) is 25.6 Å². The molecule has 0 atom stereocenters. The van der Waals surface area contributed by atoms with Gasteiger partial charge in [-0.1, -0.05) is 54.6 Å². The summed E-state index contributed by atoms with van der Waals surface area (Å²) in [6, 6.07) is 17.7. The Morgan fingerprint density at radius 1 is 1.07 bits per heavy atom. The molecule has 1 aliphatic heterocycles. The fraction of sp³-hybridized carbons (Fsp3) is 0.292. The molecule has 2 aromatic carbocycles. The van der Waals surface area contributed by atoms with Crippen molar-refractivity contribution < 1.29 is 9.53 Å². The second-order valence-corrected chi connectivity index (χ2v) is 7.15. The van der Waals surface area contributed by atoms with Crippen molar-refractivity contribution >= 4 is 11.7 Å². The summed E-state index contributed by atoms with van der Waals surface area (Å²) in [5.74, 6) is 0.971. The van der Waals surface area contributed by atoms with E-state index in [-0.39, 0.29) is 12.0 Å². The van der Waals surface area contributed by atoms with Gasteiger partial charge in [-0.3, -0.25) is 4.79 Å². The number of amides is 1. The van der Waals surface area contributed by atoms with Gasteiger partial charge in [0.25, 0.3) is 5.91 Å². The summed E-state index contributed by atoms with van der Waals surface area (Å²) >= 11 is 0. The highest BCUT2D eigenvalue weighted by Gasteiger charge is 2.25. The summed E-state index contributed by atoms with van der Waals surface area (Å²) in [5, 5.41) is 0. The number of benzene rings is 2. The van der Waals surface area contributed by atoms with Crippen LogP contribution in [0, 0.1) is 6.92 Å². The monoisotopic (exact) mass is 361 g/mol. The molecule has 1 amide bonds. The lowest BCUT2D eigenvalue weighted by Gasteiger charge is -2.33. The standard InChI is InChI=1S/C24H27NO2/c1-18(2)17-23(22-12-8-7-9-19(22)3)27-21-13-15-25(16-14-21)24(26)20-10-5-4-6-11-20/h4-12,17,21H,1,13-16H2,2-3H3/b23-17+. The molecule has 1 heterocycles. The van der Waals surface area contributed by atoms with Gasteiger partial charge in [-0.05, 0) is 37.6 Å². The maximum absolute atomic E-state index is 12.6. The summed E-state index contributed by atoms with van der Waals surface area (Å²) in [5.41, 5.74) is 3.99. The first-order valence-electron chi connectivity index (χ1n) is 9.49. The smallest absolute Gasteiger partial charge is 0.253 e. The average molecular weight is 361 g/mol. The number of piperidine rings is 1. The zero-order valence-electron chi connectivity index (χ0n) is 16.2. The van der Waals surface area contributed by atoms with Gasteiger partial charge in [0.05, 0.1) is 0 Å². The van der Waals surface area contributed by atoms with Crippen molar-refractivity contribution in [2.45, 2.75) is 32.8 Å². The molecule has 0 bridgehead atoms. The van der Waals surface area contributed by atoms with Crippen LogP contribution >= 0.6 is 0 Å². The van der Waals surface area contributed by atoms with E-state index in [0.29, 0.717) is 13.1 Å². The number of carbonyl (C=O) groups is 1. The van der Waals surface area contributed by atoms with Crippen molar-refractivity contribution in [3.63, 3.8) is 0 Å². The van der Waals surface area contributed by atoms with Gasteiger partial charge < -0.3 is 9.64 Å². The van der Waals surface area contributed by atoms with Gasteiger partial charge in [-0.15, -0.1) is 0 Å². The molecule has 0 saturated carbocycles. The lowest BCUT2D eigenvalue weighted by Crippen LogP contribution is -2.40. The third-order valence-corrected chi connectivity index (χ3v) is 4.83. The van der Waals surface area contributed by atoms with Crippen LogP contribution < -0.4 is 0 Å². The predicted molar refractivity (Wildman–Crippen MR) is 110 cm³/mol. The Balaban J connectivity index is 1.65. The second kappa shape index (κ2) is 8.72. The minimum absolute atomic E-state index is 0.102. The fourth-order valence-electron chi connectivity index (χ4n) is 3.37. The number of likely N-dealkylation sites (tertiary alicyclic amines) is 1. The van der Waals surface area contributed by atoms with Crippen LogP contribution in [0.5, 0.6) is 0 Å². The third-order valence-electron chi connectivity index (χ3n) is 4.83. The minimum atomic E-state index is 0.102. The predicted octanol–water partition coefficient (Wildman–Crippen LogP) is 5.23. The van der Waals surface area contributed by atoms with Gasteiger partial charge in [0.2, 0.25) is 0 Å². The van der Waals surface area contributed by atoms with E-state index < -0.39 is 0 Å². The highest BCUT2D eigenvalue weighted by molar-refractivity contribution is 5.94. The summed E-state index contributed by atoms with van der Waals surface area (Å²) in [6.45, 7) is 9.50. The lowest BCUT2D eigenvalue weighted by atomic mass is 10.0. The topological polar surface area (TPSA) is 29.5 Å². The highest BCUT2D eigenvalue weighted by atomic mass is 16.5. The molecule has 0 spiro atoms. The Hall–Kier alpha value is -2.81.